The summed E-state index contributed by atoms with van der Waals surface area (Å²) in [4.78, 5) is 5.62. The summed E-state index contributed by atoms with van der Waals surface area (Å²) < 4.78 is 2.01. The Morgan fingerprint density at radius 2 is 2.00 bits per heavy atom. The Hall–Kier alpha value is -2.14. The highest BCUT2D eigenvalue weighted by Gasteiger charge is 2.10. The number of benzene rings is 1. The molecule has 0 spiro atoms. The lowest BCUT2D eigenvalue weighted by Gasteiger charge is -2.04. The lowest BCUT2D eigenvalue weighted by atomic mass is 10.1. The van der Waals surface area contributed by atoms with Crippen molar-refractivity contribution < 1.29 is 5.11 Å². The molecular formula is C18H13ClN2OS. The van der Waals surface area contributed by atoms with Gasteiger partial charge in [-0.25, -0.2) is 4.98 Å². The number of aliphatic hydroxyl groups excluding tert-OH is 1. The first-order valence-electron chi connectivity index (χ1n) is 7.17. The molecule has 0 saturated carbocycles. The normalized spacial score (nSPS) is 11.2. The number of aliphatic hydroxyl groups is 1. The first kappa shape index (κ1) is 14.5. The molecule has 4 aromatic rings. The van der Waals surface area contributed by atoms with Gasteiger partial charge < -0.3 is 9.51 Å². The van der Waals surface area contributed by atoms with Gasteiger partial charge in [-0.15, -0.1) is 11.3 Å². The average Bonchev–Trinajstić information content (AvgIpc) is 3.19. The van der Waals surface area contributed by atoms with Gasteiger partial charge in [-0.05, 0) is 46.3 Å². The van der Waals surface area contributed by atoms with Crippen LogP contribution in [0.5, 0.6) is 0 Å². The Labute approximate surface area is 142 Å². The fourth-order valence-electron chi connectivity index (χ4n) is 2.60. The maximum Gasteiger partial charge on any atom is 0.137 e. The van der Waals surface area contributed by atoms with Crippen LogP contribution in [-0.2, 0) is 6.61 Å². The van der Waals surface area contributed by atoms with Crippen molar-refractivity contribution in [2.75, 3.05) is 0 Å². The Morgan fingerprint density at radius 1 is 1.09 bits per heavy atom. The van der Waals surface area contributed by atoms with Gasteiger partial charge in [0.1, 0.15) is 11.3 Å². The second-order valence-corrected chi connectivity index (χ2v) is 6.59. The van der Waals surface area contributed by atoms with Crippen LogP contribution < -0.4 is 0 Å². The quantitative estimate of drug-likeness (QED) is 0.577. The summed E-state index contributed by atoms with van der Waals surface area (Å²) in [5, 5.41) is 12.0. The first-order valence-corrected chi connectivity index (χ1v) is 8.42. The second-order valence-electron chi connectivity index (χ2n) is 5.27. The third-order valence-corrected chi connectivity index (χ3v) is 5.11. The Bertz CT molecular complexity index is 990. The minimum atomic E-state index is 0.0438. The van der Waals surface area contributed by atoms with Crippen molar-refractivity contribution in [1.29, 1.82) is 0 Å². The van der Waals surface area contributed by atoms with Gasteiger partial charge in [-0.1, -0.05) is 29.8 Å². The van der Waals surface area contributed by atoms with Crippen molar-refractivity contribution in [2.24, 2.45) is 0 Å². The first-order chi connectivity index (χ1) is 11.2. The number of hydrogen-bond acceptors (Lipinski definition) is 3. The predicted octanol–water partition coefficient (Wildman–Crippen LogP) is 4.88. The summed E-state index contributed by atoms with van der Waals surface area (Å²) in [5.74, 6) is 0. The maximum atomic E-state index is 9.29. The van der Waals surface area contributed by atoms with Gasteiger partial charge in [-0.2, -0.15) is 0 Å². The topological polar surface area (TPSA) is 37.5 Å². The molecule has 0 aliphatic heterocycles. The molecule has 0 unspecified atom stereocenters. The van der Waals surface area contributed by atoms with Crippen molar-refractivity contribution in [1.82, 2.24) is 9.38 Å². The maximum absolute atomic E-state index is 9.29. The Kier molecular flexibility index (Phi) is 3.65. The molecule has 0 radical (unpaired) electrons. The van der Waals surface area contributed by atoms with E-state index in [-0.39, 0.29) is 6.61 Å². The average molecular weight is 341 g/mol. The van der Waals surface area contributed by atoms with Crippen LogP contribution in [0.2, 0.25) is 5.02 Å². The third kappa shape index (κ3) is 2.65. The number of aromatic nitrogens is 2. The molecule has 3 aromatic heterocycles. The zero-order valence-electron chi connectivity index (χ0n) is 12.1. The molecule has 1 N–H and O–H groups in total. The summed E-state index contributed by atoms with van der Waals surface area (Å²) in [6, 6.07) is 13.8. The molecule has 0 fully saturated rings. The highest BCUT2D eigenvalue weighted by molar-refractivity contribution is 7.14. The molecule has 3 heterocycles. The smallest absolute Gasteiger partial charge is 0.137 e. The minimum Gasteiger partial charge on any atom is -0.392 e. The van der Waals surface area contributed by atoms with Crippen molar-refractivity contribution in [3.05, 3.63) is 70.8 Å². The van der Waals surface area contributed by atoms with E-state index in [0.29, 0.717) is 0 Å². The summed E-state index contributed by atoms with van der Waals surface area (Å²) in [6.45, 7) is 0.0438. The number of nitrogens with zero attached hydrogens (tertiary/aromatic N) is 2. The molecule has 0 aliphatic rings. The lowest BCUT2D eigenvalue weighted by Crippen LogP contribution is -1.87. The van der Waals surface area contributed by atoms with E-state index in [0.717, 1.165) is 37.9 Å². The van der Waals surface area contributed by atoms with Crippen LogP contribution in [0.15, 0.2) is 60.2 Å². The summed E-state index contributed by atoms with van der Waals surface area (Å²) in [6.07, 6.45) is 4.04. The van der Waals surface area contributed by atoms with E-state index in [2.05, 4.69) is 4.98 Å². The van der Waals surface area contributed by atoms with Crippen LogP contribution in [0.3, 0.4) is 0 Å². The number of thiophene rings is 1. The fourth-order valence-corrected chi connectivity index (χ4v) is 3.71. The number of fused-ring (bicyclic) bond motifs is 1. The van der Waals surface area contributed by atoms with Gasteiger partial charge in [-0.3, -0.25) is 0 Å². The van der Waals surface area contributed by atoms with E-state index in [1.54, 1.807) is 11.3 Å². The van der Waals surface area contributed by atoms with E-state index in [9.17, 15) is 5.11 Å². The van der Waals surface area contributed by atoms with Crippen LogP contribution in [0, 0.1) is 0 Å². The van der Waals surface area contributed by atoms with Gasteiger partial charge >= 0.3 is 0 Å². The number of imidazole rings is 1. The highest BCUT2D eigenvalue weighted by atomic mass is 35.5. The van der Waals surface area contributed by atoms with Crippen LogP contribution in [0.1, 0.15) is 5.56 Å². The molecule has 23 heavy (non-hydrogen) atoms. The number of hydrogen-bond donors (Lipinski definition) is 1. The number of pyridine rings is 1. The lowest BCUT2D eigenvalue weighted by molar-refractivity contribution is 0.282. The van der Waals surface area contributed by atoms with Crippen LogP contribution in [0.25, 0.3) is 27.3 Å². The van der Waals surface area contributed by atoms with Crippen molar-refractivity contribution in [3.63, 3.8) is 0 Å². The summed E-state index contributed by atoms with van der Waals surface area (Å²) >= 11 is 7.79. The fraction of sp³-hybridized carbons (Fsp3) is 0.0556. The molecule has 1 aromatic carbocycles. The zero-order chi connectivity index (χ0) is 15.8. The SMILES string of the molecule is OCc1cccc(-c2ccc3nc(-c4sccc4Cl)cn3c2)c1. The molecule has 4 rings (SSSR count). The standard InChI is InChI=1S/C18H13ClN2OS/c19-15-6-7-23-18(15)16-10-21-9-14(4-5-17(21)20-16)13-3-1-2-12(8-13)11-22/h1-10,22H,11H2. The minimum absolute atomic E-state index is 0.0438. The van der Waals surface area contributed by atoms with Gasteiger partial charge in [0.25, 0.3) is 0 Å². The molecular weight excluding hydrogens is 328 g/mol. The predicted molar refractivity (Wildman–Crippen MR) is 94.9 cm³/mol. The number of halogens is 1. The number of rotatable bonds is 3. The monoisotopic (exact) mass is 340 g/mol. The van der Waals surface area contributed by atoms with Crippen molar-refractivity contribution >= 4 is 28.6 Å². The molecule has 3 nitrogen and oxygen atoms in total. The molecule has 0 saturated heterocycles. The largest absolute Gasteiger partial charge is 0.392 e. The molecule has 0 aliphatic carbocycles. The Balaban J connectivity index is 1.80. The summed E-state index contributed by atoms with van der Waals surface area (Å²) in [7, 11) is 0. The van der Waals surface area contributed by atoms with E-state index in [1.165, 1.54) is 0 Å². The van der Waals surface area contributed by atoms with E-state index >= 15 is 0 Å². The van der Waals surface area contributed by atoms with Crippen LogP contribution in [-0.4, -0.2) is 14.5 Å². The molecule has 0 amide bonds. The second kappa shape index (κ2) is 5.81. The third-order valence-electron chi connectivity index (χ3n) is 3.74. The Morgan fingerprint density at radius 3 is 2.78 bits per heavy atom. The molecule has 0 atom stereocenters. The van der Waals surface area contributed by atoms with Crippen molar-refractivity contribution in [3.8, 4) is 21.7 Å². The molecule has 0 bridgehead atoms. The highest BCUT2D eigenvalue weighted by Crippen LogP contribution is 2.33. The van der Waals surface area contributed by atoms with E-state index in [1.807, 2.05) is 64.6 Å². The van der Waals surface area contributed by atoms with Crippen LogP contribution in [0.4, 0.5) is 0 Å². The summed E-state index contributed by atoms with van der Waals surface area (Å²) in [5.41, 5.74) is 4.81. The van der Waals surface area contributed by atoms with Gasteiger partial charge in [0.2, 0.25) is 0 Å². The van der Waals surface area contributed by atoms with Gasteiger partial charge in [0.15, 0.2) is 0 Å². The zero-order valence-corrected chi connectivity index (χ0v) is 13.7. The van der Waals surface area contributed by atoms with Crippen LogP contribution >= 0.6 is 22.9 Å². The van der Waals surface area contributed by atoms with E-state index in [4.69, 9.17) is 11.6 Å². The molecule has 114 valence electrons. The van der Waals surface area contributed by atoms with Crippen molar-refractivity contribution in [2.45, 2.75) is 6.61 Å². The van der Waals surface area contributed by atoms with E-state index < -0.39 is 0 Å². The molecule has 5 heteroatoms. The van der Waals surface area contributed by atoms with Gasteiger partial charge in [0, 0.05) is 12.4 Å². The van der Waals surface area contributed by atoms with Gasteiger partial charge in [0.05, 0.1) is 16.5 Å².